The van der Waals surface area contributed by atoms with Crippen molar-refractivity contribution in [2.75, 3.05) is 25.1 Å². The molecule has 2 bridgehead atoms. The molecule has 0 spiro atoms. The quantitative estimate of drug-likeness (QED) is 0.0691. The number of benzene rings is 3. The standard InChI is InChI=1S/C63H71N7O18/c1-59-17-15-39(72)25-38(59)12-13-40-41-26-46-63(45(74)29-71,60(41,2)28-43(73)49(40)59)88-56(86-46)37-10-5-34(6-11-37)27-62-20-18-61(19-21-62,31-84-62)68-58(82)83-30-35-7-14-44(85-57-52(79)50(77)51(78)53(87-57)55(80)81)42(23-35)67-47(75)16-22-64-48(76)24-33-3-8-36(9-4-33)54-69-65-32-66-70-54/h3-11,14-15,17,23,25,32,40-41,43,46,49-53,56-57,71,73,77-79H,12-13,16,18-22,24,26-31H2,1-2H3,(H,64,76)(H,67,75)(H,68,82)(H,80,81)/t40-,41-,43-,46+,49+,50-,51-,52+,53-,56+,57+,59-,60-,61?,62?,63+/m0/s1. The number of alkyl carbamates (subject to hydrolysis) is 1. The van der Waals surface area contributed by atoms with E-state index >= 15 is 0 Å². The van der Waals surface area contributed by atoms with Crippen molar-refractivity contribution < 1.29 is 87.8 Å². The zero-order valence-electron chi connectivity index (χ0n) is 48.5. The van der Waals surface area contributed by atoms with Gasteiger partial charge in [-0.3, -0.25) is 19.2 Å². The minimum absolute atomic E-state index is 0.00577. The van der Waals surface area contributed by atoms with Crippen LogP contribution in [0.5, 0.6) is 5.75 Å². The number of ether oxygens (including phenoxy) is 6. The molecule has 4 saturated heterocycles. The molecule has 3 amide bonds. The molecule has 5 heterocycles. The Labute approximate surface area is 505 Å². The molecule has 25 nitrogen and oxygen atoms in total. The number of aliphatic carboxylic acids is 1. The number of amides is 3. The molecule has 466 valence electrons. The van der Waals surface area contributed by atoms with Gasteiger partial charge in [-0.1, -0.05) is 80.1 Å². The molecule has 25 heteroatoms. The number of aromatic nitrogens is 4. The molecule has 14 atom stereocenters. The smallest absolute Gasteiger partial charge is 0.407 e. The number of nitrogens with zero attached hydrogens (tertiary/aromatic N) is 4. The van der Waals surface area contributed by atoms with Crippen molar-refractivity contribution in [3.05, 3.63) is 119 Å². The van der Waals surface area contributed by atoms with Gasteiger partial charge in [0.2, 0.25) is 23.9 Å². The second-order valence-electron chi connectivity index (χ2n) is 25.3. The normalized spacial score (nSPS) is 35.1. The van der Waals surface area contributed by atoms with Gasteiger partial charge in [0.25, 0.3) is 0 Å². The Bertz CT molecular complexity index is 3400. The van der Waals surface area contributed by atoms with E-state index < -0.39 is 107 Å². The van der Waals surface area contributed by atoms with Gasteiger partial charge in [-0.05, 0) is 104 Å². The van der Waals surface area contributed by atoms with Gasteiger partial charge in [0.05, 0.1) is 42.1 Å². The SMILES string of the molecule is C[C@]12C=CC(=O)C=C1CC[C@@H]1[C@@H]2[C@@H](O)C[C@@]2(C)[C@H]1C[C@H]1O[C@@H](c3ccc(CC45CCC(NC(=O)OCc6ccc(O[C@@H]7O[C@H](C(=O)O)[C@@H](O)[C@H](O)[C@H]7O)c(NC(=O)CCNC(=O)Cc7ccc(-c8nncnn8)cc7)c6)(CC4)CO5)cc3)O[C@]12C(=O)CO. The highest BCUT2D eigenvalue weighted by molar-refractivity contribution is 6.01. The van der Waals surface area contributed by atoms with E-state index in [-0.39, 0.29) is 79.9 Å². The van der Waals surface area contributed by atoms with E-state index in [1.54, 1.807) is 36.4 Å². The van der Waals surface area contributed by atoms with E-state index in [9.17, 15) is 59.4 Å². The average Bonchev–Trinajstić information content (AvgIpc) is 1.48. The lowest BCUT2D eigenvalue weighted by Crippen LogP contribution is -2.63. The molecule has 4 aliphatic heterocycles. The average molecular weight is 1210 g/mol. The number of ketones is 2. The summed E-state index contributed by atoms with van der Waals surface area (Å²) in [5.41, 5.74) is 0.452. The van der Waals surface area contributed by atoms with Crippen LogP contribution in [-0.2, 0) is 67.1 Å². The number of carbonyl (C=O) groups is 6. The highest BCUT2D eigenvalue weighted by atomic mass is 16.7. The second kappa shape index (κ2) is 23.8. The number of hydrogen-bond donors (Lipinski definition) is 9. The third-order valence-corrected chi connectivity index (χ3v) is 20.1. The van der Waals surface area contributed by atoms with Crippen LogP contribution in [0.1, 0.15) is 100 Å². The van der Waals surface area contributed by atoms with E-state index in [1.807, 2.05) is 37.3 Å². The number of anilines is 1. The first kappa shape index (κ1) is 60.8. The molecule has 8 fully saturated rings. The second-order valence-corrected chi connectivity index (χ2v) is 25.3. The first-order valence-electron chi connectivity index (χ1n) is 29.8. The summed E-state index contributed by atoms with van der Waals surface area (Å²) in [6.07, 6.45) is -1.04. The summed E-state index contributed by atoms with van der Waals surface area (Å²) in [6, 6.07) is 19.0. The number of allylic oxidation sites excluding steroid dienone is 4. The maximum absolute atomic E-state index is 14.1. The number of Topliss-reactive ketones (excluding diaryl/α,β-unsaturated/α-hetero) is 1. The maximum Gasteiger partial charge on any atom is 0.407 e. The summed E-state index contributed by atoms with van der Waals surface area (Å²) < 4.78 is 36.9. The Morgan fingerprint density at radius 2 is 1.57 bits per heavy atom. The summed E-state index contributed by atoms with van der Waals surface area (Å²) in [4.78, 5) is 78.1. The number of carboxylic acid groups (broad SMARTS) is 1. The summed E-state index contributed by atoms with van der Waals surface area (Å²) in [5.74, 6) is -3.05. The van der Waals surface area contributed by atoms with Crippen LogP contribution in [-0.4, -0.2) is 166 Å². The number of rotatable bonds is 18. The van der Waals surface area contributed by atoms with E-state index in [2.05, 4.69) is 43.3 Å². The van der Waals surface area contributed by atoms with E-state index in [1.165, 1.54) is 24.5 Å². The summed E-state index contributed by atoms with van der Waals surface area (Å²) in [6.45, 7) is 3.26. The number of nitrogens with one attached hydrogen (secondary N) is 3. The van der Waals surface area contributed by atoms with Gasteiger partial charge in [0.15, 0.2) is 35.9 Å². The van der Waals surface area contributed by atoms with Crippen LogP contribution >= 0.6 is 0 Å². The van der Waals surface area contributed by atoms with E-state index in [4.69, 9.17) is 28.4 Å². The zero-order valence-corrected chi connectivity index (χ0v) is 48.5. The Balaban J connectivity index is 0.646. The first-order valence-corrected chi connectivity index (χ1v) is 29.8. The van der Waals surface area contributed by atoms with Crippen molar-refractivity contribution in [2.45, 2.75) is 157 Å². The number of carbonyl (C=O) groups excluding carboxylic acids is 5. The van der Waals surface area contributed by atoms with Crippen molar-refractivity contribution in [1.82, 2.24) is 31.0 Å². The van der Waals surface area contributed by atoms with Gasteiger partial charge in [-0.25, -0.2) is 9.59 Å². The third kappa shape index (κ3) is 11.2. The Hall–Kier alpha value is -7.46. The molecule has 1 aromatic heterocycles. The molecular formula is C63H71N7O18. The van der Waals surface area contributed by atoms with E-state index in [0.29, 0.717) is 73.0 Å². The minimum atomic E-state index is -1.98. The van der Waals surface area contributed by atoms with Gasteiger partial charge in [0.1, 0.15) is 37.3 Å². The molecule has 3 aromatic carbocycles. The fraction of sp³-hybridized carbons (Fsp3) is 0.524. The van der Waals surface area contributed by atoms with Crippen molar-refractivity contribution in [3.63, 3.8) is 0 Å². The highest BCUT2D eigenvalue weighted by Crippen LogP contribution is 2.70. The molecule has 4 aromatic rings. The summed E-state index contributed by atoms with van der Waals surface area (Å²) in [7, 11) is 0. The van der Waals surface area contributed by atoms with Gasteiger partial charge in [-0.2, -0.15) is 0 Å². The van der Waals surface area contributed by atoms with Crippen molar-refractivity contribution in [3.8, 4) is 17.1 Å². The number of aliphatic hydroxyl groups is 5. The van der Waals surface area contributed by atoms with Crippen molar-refractivity contribution >= 4 is 41.1 Å². The predicted molar refractivity (Wildman–Crippen MR) is 305 cm³/mol. The van der Waals surface area contributed by atoms with Gasteiger partial charge >= 0.3 is 12.1 Å². The molecule has 0 unspecified atom stereocenters. The number of fused-ring (bicyclic) bond motifs is 10. The fourth-order valence-corrected chi connectivity index (χ4v) is 15.6. The third-order valence-electron chi connectivity index (χ3n) is 20.1. The fourth-order valence-electron chi connectivity index (χ4n) is 15.6. The molecule has 4 saturated carbocycles. The molecule has 9 aliphatic rings. The Morgan fingerprint density at radius 1 is 0.841 bits per heavy atom. The molecule has 13 rings (SSSR count). The topological polar surface area (TPSA) is 367 Å². The zero-order chi connectivity index (χ0) is 61.9. The van der Waals surface area contributed by atoms with Gasteiger partial charge < -0.3 is 75.0 Å². The number of aliphatic hydroxyl groups excluding tert-OH is 5. The van der Waals surface area contributed by atoms with Gasteiger partial charge in [-0.15, -0.1) is 20.4 Å². The van der Waals surface area contributed by atoms with Crippen LogP contribution in [0.4, 0.5) is 10.5 Å². The lowest BCUT2D eigenvalue weighted by atomic mass is 9.46. The largest absolute Gasteiger partial charge is 0.479 e. The van der Waals surface area contributed by atoms with Crippen LogP contribution in [0.3, 0.4) is 0 Å². The number of carboxylic acids is 1. The summed E-state index contributed by atoms with van der Waals surface area (Å²) in [5, 5.41) is 87.2. The monoisotopic (exact) mass is 1210 g/mol. The van der Waals surface area contributed by atoms with Crippen molar-refractivity contribution in [2.24, 2.45) is 28.6 Å². The van der Waals surface area contributed by atoms with Crippen LogP contribution in [0.25, 0.3) is 11.4 Å². The van der Waals surface area contributed by atoms with E-state index in [0.717, 1.165) is 17.6 Å². The molecule has 9 N–H and O–H groups in total. The molecular weight excluding hydrogens is 1140 g/mol. The van der Waals surface area contributed by atoms with Crippen molar-refractivity contribution in [1.29, 1.82) is 0 Å². The lowest BCUT2D eigenvalue weighted by molar-refractivity contribution is -0.271. The lowest BCUT2D eigenvalue weighted by Gasteiger charge is -2.59. The predicted octanol–water partition coefficient (Wildman–Crippen LogP) is 3.05. The molecule has 5 aliphatic carbocycles. The Morgan fingerprint density at radius 3 is 2.27 bits per heavy atom. The summed E-state index contributed by atoms with van der Waals surface area (Å²) >= 11 is 0. The Kier molecular flexibility index (Phi) is 16.5. The van der Waals surface area contributed by atoms with Crippen LogP contribution in [0, 0.1) is 28.6 Å². The molecule has 0 radical (unpaired) electrons. The van der Waals surface area contributed by atoms with Crippen LogP contribution in [0.2, 0.25) is 0 Å². The first-order chi connectivity index (χ1) is 42.1. The highest BCUT2D eigenvalue weighted by Gasteiger charge is 2.76. The van der Waals surface area contributed by atoms with Crippen LogP contribution in [0.15, 0.2) is 96.9 Å². The number of hydrogen-bond acceptors (Lipinski definition) is 21. The maximum atomic E-state index is 14.1. The van der Waals surface area contributed by atoms with Crippen LogP contribution < -0.4 is 20.7 Å². The van der Waals surface area contributed by atoms with Gasteiger partial charge in [0, 0.05) is 47.3 Å². The molecule has 88 heavy (non-hydrogen) atoms. The minimum Gasteiger partial charge on any atom is -0.479 e.